The summed E-state index contributed by atoms with van der Waals surface area (Å²) in [5.41, 5.74) is 6.36. The normalized spacial score (nSPS) is 19.0. The van der Waals surface area contributed by atoms with Gasteiger partial charge in [0.05, 0.1) is 0 Å². The second-order valence-electron chi connectivity index (χ2n) is 8.87. The molecule has 0 nitrogen and oxygen atoms in total. The molecule has 3 aromatic carbocycles. The number of benzene rings is 3. The van der Waals surface area contributed by atoms with Gasteiger partial charge >= 0.3 is 0 Å². The Morgan fingerprint density at radius 1 is 0.733 bits per heavy atom. The lowest BCUT2D eigenvalue weighted by atomic mass is 9.77. The molecule has 0 saturated heterocycles. The van der Waals surface area contributed by atoms with E-state index in [4.69, 9.17) is 0 Å². The van der Waals surface area contributed by atoms with Gasteiger partial charge in [0.2, 0.25) is 0 Å². The van der Waals surface area contributed by atoms with Crippen molar-refractivity contribution in [2.75, 3.05) is 0 Å². The maximum Gasteiger partial charge on any atom is 0.131 e. The molecule has 0 bridgehead atoms. The van der Waals surface area contributed by atoms with E-state index in [2.05, 4.69) is 50.2 Å². The molecule has 1 fully saturated rings. The fourth-order valence-corrected chi connectivity index (χ4v) is 4.99. The van der Waals surface area contributed by atoms with Gasteiger partial charge in [-0.2, -0.15) is 0 Å². The highest BCUT2D eigenvalue weighted by Crippen LogP contribution is 2.38. The summed E-state index contributed by atoms with van der Waals surface area (Å²) in [5, 5.41) is 0. The highest BCUT2D eigenvalue weighted by Gasteiger charge is 2.21. The summed E-state index contributed by atoms with van der Waals surface area (Å²) >= 11 is 0. The standard InChI is InChI=1S/C29H33F/c1-3-5-22-8-10-23(11-9-22)24-14-16-25(17-15-24)27-18-19-28(29(30)20-27)26-12-6-21(4-2)7-13-26/h6-7,12-20,22-23H,3-5,8-11H2,1-2H3. The molecule has 0 spiro atoms. The number of halogens is 1. The van der Waals surface area contributed by atoms with E-state index < -0.39 is 0 Å². The molecule has 1 aliphatic carbocycles. The van der Waals surface area contributed by atoms with E-state index in [0.717, 1.165) is 29.0 Å². The van der Waals surface area contributed by atoms with Crippen molar-refractivity contribution in [2.45, 2.75) is 64.7 Å². The van der Waals surface area contributed by atoms with Crippen molar-refractivity contribution in [3.8, 4) is 22.3 Å². The Morgan fingerprint density at radius 2 is 1.37 bits per heavy atom. The molecule has 0 N–H and O–H groups in total. The summed E-state index contributed by atoms with van der Waals surface area (Å²) in [6.07, 6.45) is 9.05. The first-order valence-electron chi connectivity index (χ1n) is 11.7. The average Bonchev–Trinajstić information content (AvgIpc) is 2.80. The highest BCUT2D eigenvalue weighted by molar-refractivity contribution is 5.71. The molecular weight excluding hydrogens is 367 g/mol. The van der Waals surface area contributed by atoms with Crippen molar-refractivity contribution in [3.63, 3.8) is 0 Å². The summed E-state index contributed by atoms with van der Waals surface area (Å²) < 4.78 is 14.9. The molecule has 0 aromatic heterocycles. The van der Waals surface area contributed by atoms with E-state index >= 15 is 0 Å². The molecule has 4 rings (SSSR count). The first-order valence-corrected chi connectivity index (χ1v) is 11.7. The van der Waals surface area contributed by atoms with Crippen molar-refractivity contribution in [2.24, 2.45) is 5.92 Å². The first-order chi connectivity index (χ1) is 14.7. The van der Waals surface area contributed by atoms with E-state index in [-0.39, 0.29) is 5.82 Å². The second-order valence-corrected chi connectivity index (χ2v) is 8.87. The Labute approximate surface area is 181 Å². The molecule has 0 radical (unpaired) electrons. The van der Waals surface area contributed by atoms with Crippen LogP contribution in [0.15, 0.2) is 66.7 Å². The van der Waals surface area contributed by atoms with Crippen LogP contribution in [0.4, 0.5) is 4.39 Å². The molecule has 156 valence electrons. The Balaban J connectivity index is 1.47. The number of rotatable bonds is 6. The molecule has 1 heteroatoms. The minimum Gasteiger partial charge on any atom is -0.206 e. The quantitative estimate of drug-likeness (QED) is 0.388. The third-order valence-electron chi connectivity index (χ3n) is 6.90. The summed E-state index contributed by atoms with van der Waals surface area (Å²) in [7, 11) is 0. The minimum absolute atomic E-state index is 0.157. The maximum absolute atomic E-state index is 14.9. The van der Waals surface area contributed by atoms with Gasteiger partial charge in [0.15, 0.2) is 0 Å². The predicted molar refractivity (Wildman–Crippen MR) is 126 cm³/mol. The van der Waals surface area contributed by atoms with Crippen molar-refractivity contribution >= 4 is 0 Å². The van der Waals surface area contributed by atoms with Gasteiger partial charge in [-0.05, 0) is 77.8 Å². The van der Waals surface area contributed by atoms with Crippen LogP contribution < -0.4 is 0 Å². The van der Waals surface area contributed by atoms with Crippen LogP contribution in [-0.4, -0.2) is 0 Å². The molecule has 0 atom stereocenters. The van der Waals surface area contributed by atoms with Gasteiger partial charge in [-0.25, -0.2) is 4.39 Å². The third kappa shape index (κ3) is 4.67. The zero-order valence-corrected chi connectivity index (χ0v) is 18.3. The zero-order valence-electron chi connectivity index (χ0n) is 18.3. The van der Waals surface area contributed by atoms with Gasteiger partial charge in [0.25, 0.3) is 0 Å². The molecule has 0 aliphatic heterocycles. The number of hydrogen-bond donors (Lipinski definition) is 0. The molecule has 1 saturated carbocycles. The van der Waals surface area contributed by atoms with Gasteiger partial charge in [0.1, 0.15) is 5.82 Å². The van der Waals surface area contributed by atoms with Crippen LogP contribution in [0.2, 0.25) is 0 Å². The fourth-order valence-electron chi connectivity index (χ4n) is 4.99. The van der Waals surface area contributed by atoms with Crippen LogP contribution in [0, 0.1) is 11.7 Å². The van der Waals surface area contributed by atoms with Gasteiger partial charge in [-0.15, -0.1) is 0 Å². The molecule has 1 aliphatic rings. The Kier molecular flexibility index (Phi) is 6.67. The highest BCUT2D eigenvalue weighted by atomic mass is 19.1. The first kappa shape index (κ1) is 20.8. The molecule has 0 unspecified atom stereocenters. The van der Waals surface area contributed by atoms with E-state index in [9.17, 15) is 4.39 Å². The van der Waals surface area contributed by atoms with E-state index in [1.807, 2.05) is 24.3 Å². The van der Waals surface area contributed by atoms with Crippen LogP contribution in [0.25, 0.3) is 22.3 Å². The Morgan fingerprint density at radius 3 is 1.97 bits per heavy atom. The SMILES string of the molecule is CCCC1CCC(c2ccc(-c3ccc(-c4ccc(CC)cc4)c(F)c3)cc2)CC1. The van der Waals surface area contributed by atoms with E-state index in [0.29, 0.717) is 11.5 Å². The molecule has 0 heterocycles. The lowest BCUT2D eigenvalue weighted by Crippen LogP contribution is -2.13. The number of hydrogen-bond acceptors (Lipinski definition) is 0. The smallest absolute Gasteiger partial charge is 0.131 e. The Bertz CT molecular complexity index is 945. The van der Waals surface area contributed by atoms with Crippen LogP contribution in [0.3, 0.4) is 0 Å². The average molecular weight is 401 g/mol. The van der Waals surface area contributed by atoms with Crippen molar-refractivity contribution < 1.29 is 4.39 Å². The summed E-state index contributed by atoms with van der Waals surface area (Å²) in [5.74, 6) is 1.47. The molecule has 30 heavy (non-hydrogen) atoms. The maximum atomic E-state index is 14.9. The predicted octanol–water partition coefficient (Wildman–Crippen LogP) is 8.80. The van der Waals surface area contributed by atoms with E-state index in [1.165, 1.54) is 49.7 Å². The lowest BCUT2D eigenvalue weighted by Gasteiger charge is -2.28. The minimum atomic E-state index is -0.157. The summed E-state index contributed by atoms with van der Waals surface area (Å²) in [6, 6.07) is 22.7. The molecule has 3 aromatic rings. The van der Waals surface area contributed by atoms with Crippen molar-refractivity contribution in [1.82, 2.24) is 0 Å². The van der Waals surface area contributed by atoms with Gasteiger partial charge in [-0.1, -0.05) is 87.4 Å². The topological polar surface area (TPSA) is 0 Å². The summed E-state index contributed by atoms with van der Waals surface area (Å²) in [6.45, 7) is 4.43. The largest absolute Gasteiger partial charge is 0.206 e. The summed E-state index contributed by atoms with van der Waals surface area (Å²) in [4.78, 5) is 0. The lowest BCUT2D eigenvalue weighted by molar-refractivity contribution is 0.308. The molecular formula is C29H33F. The fraction of sp³-hybridized carbons (Fsp3) is 0.379. The van der Waals surface area contributed by atoms with Crippen molar-refractivity contribution in [3.05, 3.63) is 83.7 Å². The number of aryl methyl sites for hydroxylation is 1. The van der Waals surface area contributed by atoms with Crippen molar-refractivity contribution in [1.29, 1.82) is 0 Å². The van der Waals surface area contributed by atoms with Crippen LogP contribution in [-0.2, 0) is 6.42 Å². The van der Waals surface area contributed by atoms with Crippen LogP contribution in [0.5, 0.6) is 0 Å². The van der Waals surface area contributed by atoms with Gasteiger partial charge < -0.3 is 0 Å². The van der Waals surface area contributed by atoms with Crippen LogP contribution >= 0.6 is 0 Å². The third-order valence-corrected chi connectivity index (χ3v) is 6.90. The second kappa shape index (κ2) is 9.60. The monoisotopic (exact) mass is 400 g/mol. The van der Waals surface area contributed by atoms with Gasteiger partial charge in [-0.3, -0.25) is 0 Å². The van der Waals surface area contributed by atoms with Gasteiger partial charge in [0, 0.05) is 5.56 Å². The Hall–Kier alpha value is -2.41. The van der Waals surface area contributed by atoms with Crippen LogP contribution in [0.1, 0.15) is 69.4 Å². The zero-order chi connectivity index (χ0) is 20.9. The van der Waals surface area contributed by atoms with E-state index in [1.54, 1.807) is 6.07 Å². The molecule has 0 amide bonds.